The van der Waals surface area contributed by atoms with Gasteiger partial charge in [0.2, 0.25) is 0 Å². The molecular weight excluding hydrogens is 320 g/mol. The van der Waals surface area contributed by atoms with Gasteiger partial charge in [0.05, 0.1) is 13.7 Å². The molecule has 6 heteroatoms. The molecule has 130 valence electrons. The molecule has 0 saturated carbocycles. The predicted octanol–water partition coefficient (Wildman–Crippen LogP) is 2.57. The maximum Gasteiger partial charge on any atom is 0.269 e. The zero-order valence-electron chi connectivity index (χ0n) is 14.1. The van der Waals surface area contributed by atoms with Gasteiger partial charge in [-0.2, -0.15) is 0 Å². The predicted molar refractivity (Wildman–Crippen MR) is 95.2 cm³/mol. The Kier molecular flexibility index (Phi) is 6.59. The molecule has 0 heterocycles. The smallest absolute Gasteiger partial charge is 0.269 e. The van der Waals surface area contributed by atoms with Crippen LogP contribution in [0.15, 0.2) is 54.6 Å². The quantitative estimate of drug-likeness (QED) is 0.626. The van der Waals surface area contributed by atoms with Crippen LogP contribution < -0.4 is 20.3 Å². The van der Waals surface area contributed by atoms with E-state index in [1.807, 2.05) is 25.1 Å². The van der Waals surface area contributed by atoms with E-state index in [2.05, 4.69) is 10.9 Å². The van der Waals surface area contributed by atoms with Crippen LogP contribution in [0.1, 0.15) is 22.8 Å². The second-order valence-corrected chi connectivity index (χ2v) is 5.01. The first-order valence-electron chi connectivity index (χ1n) is 7.77. The van der Waals surface area contributed by atoms with Crippen molar-refractivity contribution in [3.63, 3.8) is 0 Å². The Morgan fingerprint density at radius 2 is 1.80 bits per heavy atom. The highest BCUT2D eigenvalue weighted by atomic mass is 16.5. The highest BCUT2D eigenvalue weighted by Gasteiger charge is 2.06. The lowest BCUT2D eigenvalue weighted by atomic mass is 10.2. The van der Waals surface area contributed by atoms with Crippen LogP contribution in [0.3, 0.4) is 0 Å². The molecule has 0 saturated heterocycles. The Morgan fingerprint density at radius 3 is 2.48 bits per heavy atom. The Balaban J connectivity index is 1.86. The molecule has 0 atom stereocenters. The maximum absolute atomic E-state index is 12.0. The molecule has 2 aromatic carbocycles. The molecule has 0 aliphatic heterocycles. The first-order chi connectivity index (χ1) is 12.1. The minimum atomic E-state index is -0.442. The molecule has 0 bridgehead atoms. The number of hydrogen-bond acceptors (Lipinski definition) is 4. The van der Waals surface area contributed by atoms with E-state index in [1.54, 1.807) is 43.5 Å². The fraction of sp³-hybridized carbons (Fsp3) is 0.158. The summed E-state index contributed by atoms with van der Waals surface area (Å²) in [5.41, 5.74) is 5.92. The highest BCUT2D eigenvalue weighted by molar-refractivity contribution is 5.98. The third-order valence-corrected chi connectivity index (χ3v) is 3.25. The first-order valence-corrected chi connectivity index (χ1v) is 7.77. The van der Waals surface area contributed by atoms with Crippen molar-refractivity contribution < 1.29 is 19.1 Å². The molecule has 2 rings (SSSR count). The number of hydrazine groups is 1. The van der Waals surface area contributed by atoms with Gasteiger partial charge in [0.25, 0.3) is 11.8 Å². The molecule has 0 spiro atoms. The molecule has 0 unspecified atom stereocenters. The van der Waals surface area contributed by atoms with Gasteiger partial charge in [0, 0.05) is 11.6 Å². The van der Waals surface area contributed by atoms with Crippen molar-refractivity contribution in [3.05, 3.63) is 65.7 Å². The van der Waals surface area contributed by atoms with Crippen LogP contribution in [0.25, 0.3) is 6.08 Å². The summed E-state index contributed by atoms with van der Waals surface area (Å²) in [6.07, 6.45) is 2.95. The van der Waals surface area contributed by atoms with Crippen LogP contribution in [0.4, 0.5) is 0 Å². The second-order valence-electron chi connectivity index (χ2n) is 5.01. The molecule has 0 aromatic heterocycles. The van der Waals surface area contributed by atoms with Gasteiger partial charge >= 0.3 is 0 Å². The summed E-state index contributed by atoms with van der Waals surface area (Å²) in [7, 11) is 1.58. The summed E-state index contributed by atoms with van der Waals surface area (Å²) in [5.74, 6) is 0.531. The molecule has 0 fully saturated rings. The minimum absolute atomic E-state index is 0.411. The molecule has 25 heavy (non-hydrogen) atoms. The van der Waals surface area contributed by atoms with E-state index >= 15 is 0 Å². The fourth-order valence-corrected chi connectivity index (χ4v) is 2.02. The zero-order valence-corrected chi connectivity index (χ0v) is 14.1. The van der Waals surface area contributed by atoms with Crippen molar-refractivity contribution in [3.8, 4) is 11.5 Å². The summed E-state index contributed by atoms with van der Waals surface area (Å²) >= 11 is 0. The number of nitrogens with one attached hydrogen (secondary N) is 2. The summed E-state index contributed by atoms with van der Waals surface area (Å²) < 4.78 is 10.4. The molecular formula is C19H20N2O4. The Labute approximate surface area is 146 Å². The summed E-state index contributed by atoms with van der Waals surface area (Å²) in [6, 6.07) is 13.9. The fourth-order valence-electron chi connectivity index (χ4n) is 2.02. The third-order valence-electron chi connectivity index (χ3n) is 3.25. The van der Waals surface area contributed by atoms with Crippen LogP contribution >= 0.6 is 0 Å². The Hall–Kier alpha value is -3.28. The topological polar surface area (TPSA) is 76.7 Å². The monoisotopic (exact) mass is 340 g/mol. The summed E-state index contributed by atoms with van der Waals surface area (Å²) in [6.45, 7) is 2.44. The summed E-state index contributed by atoms with van der Waals surface area (Å²) in [5, 5.41) is 0. The van der Waals surface area contributed by atoms with E-state index < -0.39 is 11.8 Å². The van der Waals surface area contributed by atoms with Crippen molar-refractivity contribution in [1.82, 2.24) is 10.9 Å². The third kappa shape index (κ3) is 5.69. The lowest BCUT2D eigenvalue weighted by Gasteiger charge is -2.07. The Bertz CT molecular complexity index is 754. The lowest BCUT2D eigenvalue weighted by Crippen LogP contribution is -2.40. The van der Waals surface area contributed by atoms with Gasteiger partial charge in [-0.05, 0) is 55.0 Å². The van der Waals surface area contributed by atoms with E-state index in [-0.39, 0.29) is 0 Å². The summed E-state index contributed by atoms with van der Waals surface area (Å²) in [4.78, 5) is 23.8. The number of carbonyl (C=O) groups excluding carboxylic acids is 2. The molecule has 0 radical (unpaired) electrons. The SMILES string of the molecule is CCOc1ccc(C(=O)NNC(=O)/C=C/c2cccc(OC)c2)cc1. The number of rotatable bonds is 6. The van der Waals surface area contributed by atoms with Crippen LogP contribution in [-0.2, 0) is 4.79 Å². The molecule has 6 nitrogen and oxygen atoms in total. The van der Waals surface area contributed by atoms with Crippen molar-refractivity contribution in [2.75, 3.05) is 13.7 Å². The van der Waals surface area contributed by atoms with E-state index in [1.165, 1.54) is 6.08 Å². The molecule has 2 amide bonds. The maximum atomic E-state index is 12.0. The number of amides is 2. The number of carbonyl (C=O) groups is 2. The average Bonchev–Trinajstić information content (AvgIpc) is 2.65. The number of benzene rings is 2. The number of hydrogen-bond donors (Lipinski definition) is 2. The van der Waals surface area contributed by atoms with E-state index in [0.29, 0.717) is 23.7 Å². The van der Waals surface area contributed by atoms with Gasteiger partial charge in [-0.3, -0.25) is 20.4 Å². The average molecular weight is 340 g/mol. The van der Waals surface area contributed by atoms with Gasteiger partial charge < -0.3 is 9.47 Å². The number of ether oxygens (including phenoxy) is 2. The normalized spacial score (nSPS) is 10.3. The molecule has 2 N–H and O–H groups in total. The van der Waals surface area contributed by atoms with Crippen LogP contribution in [-0.4, -0.2) is 25.5 Å². The van der Waals surface area contributed by atoms with Gasteiger partial charge in [-0.25, -0.2) is 0 Å². The van der Waals surface area contributed by atoms with E-state index in [0.717, 1.165) is 5.56 Å². The van der Waals surface area contributed by atoms with Gasteiger partial charge in [-0.1, -0.05) is 12.1 Å². The van der Waals surface area contributed by atoms with Crippen LogP contribution in [0, 0.1) is 0 Å². The molecule has 0 aliphatic rings. The zero-order chi connectivity index (χ0) is 18.1. The molecule has 2 aromatic rings. The van der Waals surface area contributed by atoms with Crippen molar-refractivity contribution in [2.24, 2.45) is 0 Å². The van der Waals surface area contributed by atoms with Crippen molar-refractivity contribution in [2.45, 2.75) is 6.92 Å². The van der Waals surface area contributed by atoms with Crippen LogP contribution in [0.5, 0.6) is 11.5 Å². The lowest BCUT2D eigenvalue weighted by molar-refractivity contribution is -0.117. The van der Waals surface area contributed by atoms with E-state index in [4.69, 9.17) is 9.47 Å². The number of methoxy groups -OCH3 is 1. The highest BCUT2D eigenvalue weighted by Crippen LogP contribution is 2.13. The molecule has 0 aliphatic carbocycles. The van der Waals surface area contributed by atoms with Gasteiger partial charge in [-0.15, -0.1) is 0 Å². The van der Waals surface area contributed by atoms with E-state index in [9.17, 15) is 9.59 Å². The van der Waals surface area contributed by atoms with Gasteiger partial charge in [0.15, 0.2) is 0 Å². The van der Waals surface area contributed by atoms with Crippen molar-refractivity contribution >= 4 is 17.9 Å². The van der Waals surface area contributed by atoms with Crippen molar-refractivity contribution in [1.29, 1.82) is 0 Å². The second kappa shape index (κ2) is 9.12. The largest absolute Gasteiger partial charge is 0.497 e. The minimum Gasteiger partial charge on any atom is -0.497 e. The van der Waals surface area contributed by atoms with Crippen LogP contribution in [0.2, 0.25) is 0 Å². The standard InChI is InChI=1S/C19H20N2O4/c1-3-25-16-10-8-15(9-11-16)19(23)21-20-18(22)12-7-14-5-4-6-17(13-14)24-2/h4-13H,3H2,1-2H3,(H,20,22)(H,21,23)/b12-7+. The first kappa shape index (κ1) is 18.1. The Morgan fingerprint density at radius 1 is 1.04 bits per heavy atom. The van der Waals surface area contributed by atoms with Gasteiger partial charge in [0.1, 0.15) is 11.5 Å².